The van der Waals surface area contributed by atoms with E-state index in [2.05, 4.69) is 34.0 Å². The van der Waals surface area contributed by atoms with Crippen molar-refractivity contribution in [3.05, 3.63) is 24.3 Å². The Morgan fingerprint density at radius 2 is 1.83 bits per heavy atom. The van der Waals surface area contributed by atoms with E-state index in [4.69, 9.17) is 0 Å². The summed E-state index contributed by atoms with van der Waals surface area (Å²) in [4.78, 5) is 9.62. The van der Waals surface area contributed by atoms with Gasteiger partial charge in [-0.15, -0.1) is 10.2 Å². The van der Waals surface area contributed by atoms with Crippen LogP contribution >= 0.6 is 11.8 Å². The fourth-order valence-electron chi connectivity index (χ4n) is 2.94. The van der Waals surface area contributed by atoms with Crippen molar-refractivity contribution in [2.45, 2.75) is 31.8 Å². The van der Waals surface area contributed by atoms with Crippen LogP contribution in [0, 0.1) is 0 Å². The molecule has 0 radical (unpaired) electrons. The molecule has 2 aromatic heterocycles. The molecule has 0 saturated carbocycles. The molecule has 2 N–H and O–H groups in total. The number of fused-ring (bicyclic) bond motifs is 3. The van der Waals surface area contributed by atoms with Gasteiger partial charge in [0.2, 0.25) is 5.16 Å². The number of quaternary nitrogens is 1. The van der Waals surface area contributed by atoms with Gasteiger partial charge in [-0.3, -0.25) is 0 Å². The van der Waals surface area contributed by atoms with Gasteiger partial charge in [-0.1, -0.05) is 43.8 Å². The normalized spacial score (nSPS) is 11.8. The summed E-state index contributed by atoms with van der Waals surface area (Å²) >= 11 is 1.70. The first-order chi connectivity index (χ1) is 11.3. The largest absolute Gasteiger partial charge is 0.338 e. The van der Waals surface area contributed by atoms with E-state index in [0.29, 0.717) is 0 Å². The molecule has 0 atom stereocenters. The quantitative estimate of drug-likeness (QED) is 0.622. The number of rotatable bonds is 8. The minimum atomic E-state index is 0.761. The summed E-state index contributed by atoms with van der Waals surface area (Å²) in [5, 5.41) is 10.5. The van der Waals surface area contributed by atoms with Gasteiger partial charge in [-0.05, 0) is 18.9 Å². The van der Waals surface area contributed by atoms with Gasteiger partial charge in [0.15, 0.2) is 5.65 Å². The molecule has 0 aliphatic rings. The zero-order valence-corrected chi connectivity index (χ0v) is 14.6. The molecule has 0 unspecified atom stereocenters. The first-order valence-corrected chi connectivity index (χ1v) is 9.38. The minimum Gasteiger partial charge on any atom is -0.338 e. The van der Waals surface area contributed by atoms with E-state index in [-0.39, 0.29) is 0 Å². The van der Waals surface area contributed by atoms with Crippen molar-refractivity contribution in [3.63, 3.8) is 0 Å². The maximum absolute atomic E-state index is 4.63. The summed E-state index contributed by atoms with van der Waals surface area (Å²) in [6, 6.07) is 8.12. The molecule has 122 valence electrons. The summed E-state index contributed by atoms with van der Waals surface area (Å²) in [5.41, 5.74) is 2.75. The van der Waals surface area contributed by atoms with E-state index in [9.17, 15) is 0 Å². The third-order valence-corrected chi connectivity index (χ3v) is 4.84. The number of H-pyrrole nitrogens is 1. The van der Waals surface area contributed by atoms with Crippen LogP contribution in [0.3, 0.4) is 0 Å². The van der Waals surface area contributed by atoms with Crippen molar-refractivity contribution >= 4 is 33.8 Å². The molecule has 0 amide bonds. The lowest BCUT2D eigenvalue weighted by atomic mass is 10.2. The predicted octanol–water partition coefficient (Wildman–Crippen LogP) is 2.30. The second-order valence-corrected chi connectivity index (χ2v) is 6.87. The van der Waals surface area contributed by atoms with Crippen molar-refractivity contribution < 1.29 is 4.90 Å². The van der Waals surface area contributed by atoms with E-state index in [1.54, 1.807) is 16.7 Å². The number of aromatic amines is 1. The smallest absolute Gasteiger partial charge is 0.211 e. The van der Waals surface area contributed by atoms with Crippen LogP contribution < -0.4 is 4.90 Å². The molecule has 3 aromatic rings. The zero-order chi connectivity index (χ0) is 16.1. The summed E-state index contributed by atoms with van der Waals surface area (Å²) in [6.45, 7) is 8.14. The predicted molar refractivity (Wildman–Crippen MR) is 96.1 cm³/mol. The maximum atomic E-state index is 4.63. The number of hydrogen-bond donors (Lipinski definition) is 2. The maximum Gasteiger partial charge on any atom is 0.211 e. The third-order valence-electron chi connectivity index (χ3n) is 4.00. The van der Waals surface area contributed by atoms with E-state index in [1.165, 1.54) is 25.9 Å². The van der Waals surface area contributed by atoms with E-state index < -0.39 is 0 Å². The molecule has 23 heavy (non-hydrogen) atoms. The van der Waals surface area contributed by atoms with Crippen LogP contribution in [0.5, 0.6) is 0 Å². The average molecular weight is 330 g/mol. The van der Waals surface area contributed by atoms with Crippen molar-refractivity contribution in [3.8, 4) is 0 Å². The summed E-state index contributed by atoms with van der Waals surface area (Å²) in [7, 11) is 0. The Hall–Kier alpha value is -1.66. The zero-order valence-electron chi connectivity index (χ0n) is 13.8. The highest BCUT2D eigenvalue weighted by molar-refractivity contribution is 7.99. The van der Waals surface area contributed by atoms with Gasteiger partial charge in [-0.2, -0.15) is 0 Å². The highest BCUT2D eigenvalue weighted by Crippen LogP contribution is 2.22. The first kappa shape index (κ1) is 16.2. The van der Waals surface area contributed by atoms with Crippen LogP contribution in [0.25, 0.3) is 22.1 Å². The number of hydrogen-bond acceptors (Lipinski definition) is 4. The lowest BCUT2D eigenvalue weighted by Gasteiger charge is -2.17. The highest BCUT2D eigenvalue weighted by Gasteiger charge is 2.10. The second-order valence-electron chi connectivity index (χ2n) is 5.81. The lowest BCUT2D eigenvalue weighted by Crippen LogP contribution is -3.12. The Kier molecular flexibility index (Phi) is 5.46. The van der Waals surface area contributed by atoms with E-state index in [1.807, 2.05) is 24.3 Å². The van der Waals surface area contributed by atoms with Crippen molar-refractivity contribution in [2.75, 3.05) is 25.4 Å². The molecule has 5 nitrogen and oxygen atoms in total. The molecule has 0 aliphatic heterocycles. The molecule has 6 heteroatoms. The van der Waals surface area contributed by atoms with Crippen molar-refractivity contribution in [2.24, 2.45) is 0 Å². The van der Waals surface area contributed by atoms with Gasteiger partial charge in [0.25, 0.3) is 0 Å². The van der Waals surface area contributed by atoms with Gasteiger partial charge in [0.1, 0.15) is 5.52 Å². The van der Waals surface area contributed by atoms with Crippen LogP contribution in [0.4, 0.5) is 0 Å². The SMILES string of the molecule is CCC[NH+](CCC)CCSc1nnc2c(n1)[nH]c1ccccc12. The average Bonchev–Trinajstić information content (AvgIpc) is 2.93. The van der Waals surface area contributed by atoms with Gasteiger partial charge < -0.3 is 9.88 Å². The number of para-hydroxylation sites is 1. The lowest BCUT2D eigenvalue weighted by molar-refractivity contribution is -0.897. The Morgan fingerprint density at radius 1 is 1.04 bits per heavy atom. The van der Waals surface area contributed by atoms with Gasteiger partial charge in [-0.25, -0.2) is 4.98 Å². The molecule has 0 spiro atoms. The molecule has 0 bridgehead atoms. The Bertz CT molecular complexity index is 764. The van der Waals surface area contributed by atoms with E-state index >= 15 is 0 Å². The second kappa shape index (κ2) is 7.75. The Labute approximate surface area is 140 Å². The minimum absolute atomic E-state index is 0.761. The standard InChI is InChI=1S/C17H23N5S/c1-3-9-22(10-4-2)11-12-23-17-19-16-15(20-21-17)13-7-5-6-8-14(13)18-16/h5-8H,3-4,9-12H2,1-2H3,(H,18,19,21)/p+1. The highest BCUT2D eigenvalue weighted by atomic mass is 32.2. The Balaban J connectivity index is 1.67. The van der Waals surface area contributed by atoms with Gasteiger partial charge in [0.05, 0.1) is 25.4 Å². The third kappa shape index (κ3) is 3.82. The fraction of sp³-hybridized carbons (Fsp3) is 0.471. The van der Waals surface area contributed by atoms with Crippen molar-refractivity contribution in [1.82, 2.24) is 20.2 Å². The molecule has 2 heterocycles. The van der Waals surface area contributed by atoms with E-state index in [0.717, 1.165) is 39.5 Å². The number of nitrogens with zero attached hydrogens (tertiary/aromatic N) is 3. The van der Waals surface area contributed by atoms with Crippen LogP contribution in [0.15, 0.2) is 29.4 Å². The molecular weight excluding hydrogens is 306 g/mol. The number of benzene rings is 1. The topological polar surface area (TPSA) is 58.9 Å². The monoisotopic (exact) mass is 330 g/mol. The van der Waals surface area contributed by atoms with Crippen LogP contribution in [-0.4, -0.2) is 45.6 Å². The van der Waals surface area contributed by atoms with Gasteiger partial charge in [0, 0.05) is 10.9 Å². The molecule has 0 aliphatic carbocycles. The number of nitrogens with one attached hydrogen (secondary N) is 2. The molecule has 3 rings (SSSR count). The molecule has 0 saturated heterocycles. The van der Waals surface area contributed by atoms with Crippen LogP contribution in [0.1, 0.15) is 26.7 Å². The number of thioether (sulfide) groups is 1. The fourth-order valence-corrected chi connectivity index (χ4v) is 3.76. The van der Waals surface area contributed by atoms with Crippen LogP contribution in [0.2, 0.25) is 0 Å². The summed E-state index contributed by atoms with van der Waals surface area (Å²) in [6.07, 6.45) is 2.47. The van der Waals surface area contributed by atoms with Crippen LogP contribution in [-0.2, 0) is 0 Å². The number of aromatic nitrogens is 4. The summed E-state index contributed by atoms with van der Waals surface area (Å²) < 4.78 is 0. The van der Waals surface area contributed by atoms with Gasteiger partial charge >= 0.3 is 0 Å². The molecule has 1 aromatic carbocycles. The molecule has 0 fully saturated rings. The summed E-state index contributed by atoms with van der Waals surface area (Å²) in [5.74, 6) is 1.03. The first-order valence-electron chi connectivity index (χ1n) is 8.39. The van der Waals surface area contributed by atoms with Crippen molar-refractivity contribution in [1.29, 1.82) is 0 Å². The Morgan fingerprint density at radius 3 is 2.61 bits per heavy atom. The molecular formula is C17H24N5S+.